The van der Waals surface area contributed by atoms with Crippen LogP contribution in [-0.2, 0) is 10.0 Å². The van der Waals surface area contributed by atoms with Gasteiger partial charge in [0.25, 0.3) is 0 Å². The Kier molecular flexibility index (Phi) is 5.66. The fourth-order valence-corrected chi connectivity index (χ4v) is 4.60. The van der Waals surface area contributed by atoms with Gasteiger partial charge in [-0.05, 0) is 62.9 Å². The number of hydrogen-bond donors (Lipinski definition) is 2. The predicted octanol–water partition coefficient (Wildman–Crippen LogP) is 1.73. The van der Waals surface area contributed by atoms with Gasteiger partial charge < -0.3 is 5.32 Å². The highest BCUT2D eigenvalue weighted by atomic mass is 32.2. The molecule has 1 heterocycles. The van der Waals surface area contributed by atoms with Crippen LogP contribution in [0.1, 0.15) is 45.4 Å². The third-order valence-electron chi connectivity index (χ3n) is 4.65. The molecule has 19 heavy (non-hydrogen) atoms. The smallest absolute Gasteiger partial charge is 0.211 e. The largest absolute Gasteiger partial charge is 0.317 e. The topological polar surface area (TPSA) is 58.2 Å². The zero-order valence-corrected chi connectivity index (χ0v) is 12.8. The molecular formula is C14H28N2O2S. The van der Waals surface area contributed by atoms with Crippen LogP contribution in [0.5, 0.6) is 0 Å². The Balaban J connectivity index is 1.66. The summed E-state index contributed by atoms with van der Waals surface area (Å²) in [4.78, 5) is 0. The van der Waals surface area contributed by atoms with Crippen molar-refractivity contribution in [3.8, 4) is 0 Å². The maximum absolute atomic E-state index is 12.0. The first-order chi connectivity index (χ1) is 9.05. The molecule has 0 aromatic heterocycles. The van der Waals surface area contributed by atoms with Gasteiger partial charge in [0.1, 0.15) is 0 Å². The van der Waals surface area contributed by atoms with E-state index in [1.165, 1.54) is 19.3 Å². The van der Waals surface area contributed by atoms with Crippen molar-refractivity contribution in [2.24, 2.45) is 17.8 Å². The molecule has 0 radical (unpaired) electrons. The van der Waals surface area contributed by atoms with Gasteiger partial charge in [0, 0.05) is 6.54 Å². The second-order valence-electron chi connectivity index (χ2n) is 6.43. The molecule has 2 N–H and O–H groups in total. The number of nitrogens with one attached hydrogen (secondary N) is 2. The van der Waals surface area contributed by atoms with Crippen molar-refractivity contribution in [2.75, 3.05) is 25.4 Å². The van der Waals surface area contributed by atoms with E-state index < -0.39 is 10.0 Å². The summed E-state index contributed by atoms with van der Waals surface area (Å²) in [6.45, 7) is 4.99. The van der Waals surface area contributed by atoms with Crippen molar-refractivity contribution in [1.29, 1.82) is 0 Å². The molecule has 4 nitrogen and oxygen atoms in total. The fourth-order valence-electron chi connectivity index (χ4n) is 3.32. The van der Waals surface area contributed by atoms with Gasteiger partial charge >= 0.3 is 0 Å². The first kappa shape index (κ1) is 15.3. The van der Waals surface area contributed by atoms with E-state index in [2.05, 4.69) is 17.0 Å². The Morgan fingerprint density at radius 3 is 2.47 bits per heavy atom. The number of sulfonamides is 1. The molecule has 0 spiro atoms. The summed E-state index contributed by atoms with van der Waals surface area (Å²) in [5.74, 6) is 2.22. The molecule has 1 aliphatic carbocycles. The Bertz CT molecular complexity index is 349. The molecule has 112 valence electrons. The number of rotatable bonds is 6. The van der Waals surface area contributed by atoms with Crippen molar-refractivity contribution < 1.29 is 8.42 Å². The van der Waals surface area contributed by atoms with Gasteiger partial charge in [0.15, 0.2) is 0 Å². The van der Waals surface area contributed by atoms with Gasteiger partial charge in [-0.2, -0.15) is 0 Å². The van der Waals surface area contributed by atoms with Crippen molar-refractivity contribution in [1.82, 2.24) is 10.0 Å². The summed E-state index contributed by atoms with van der Waals surface area (Å²) in [5.41, 5.74) is 0. The van der Waals surface area contributed by atoms with Crippen LogP contribution in [0.25, 0.3) is 0 Å². The average Bonchev–Trinajstić information content (AvgIpc) is 2.82. The Morgan fingerprint density at radius 2 is 1.84 bits per heavy atom. The van der Waals surface area contributed by atoms with Gasteiger partial charge in [-0.25, -0.2) is 13.1 Å². The lowest BCUT2D eigenvalue weighted by Crippen LogP contribution is -2.33. The van der Waals surface area contributed by atoms with Crippen molar-refractivity contribution in [2.45, 2.75) is 45.4 Å². The van der Waals surface area contributed by atoms with Crippen LogP contribution in [0.4, 0.5) is 0 Å². The first-order valence-electron chi connectivity index (χ1n) is 7.73. The van der Waals surface area contributed by atoms with E-state index in [1.807, 2.05) is 0 Å². The molecule has 0 bridgehead atoms. The third kappa shape index (κ3) is 5.40. The maximum Gasteiger partial charge on any atom is 0.211 e. The van der Waals surface area contributed by atoms with E-state index in [-0.39, 0.29) is 0 Å². The third-order valence-corrected chi connectivity index (χ3v) is 6.03. The Labute approximate surface area is 117 Å². The van der Waals surface area contributed by atoms with Gasteiger partial charge in [0.2, 0.25) is 10.0 Å². The molecule has 5 heteroatoms. The molecule has 2 rings (SSSR count). The van der Waals surface area contributed by atoms with Crippen molar-refractivity contribution >= 4 is 10.0 Å². The molecule has 1 aliphatic heterocycles. The minimum Gasteiger partial charge on any atom is -0.317 e. The van der Waals surface area contributed by atoms with E-state index in [9.17, 15) is 8.42 Å². The lowest BCUT2D eigenvalue weighted by molar-refractivity contribution is 0.365. The molecule has 0 amide bonds. The van der Waals surface area contributed by atoms with Gasteiger partial charge in [-0.1, -0.05) is 13.3 Å². The van der Waals surface area contributed by atoms with Crippen LogP contribution in [0, 0.1) is 17.8 Å². The predicted molar refractivity (Wildman–Crippen MR) is 78.5 cm³/mol. The second-order valence-corrected chi connectivity index (χ2v) is 8.36. The van der Waals surface area contributed by atoms with Crippen LogP contribution < -0.4 is 10.0 Å². The summed E-state index contributed by atoms with van der Waals surface area (Å²) in [6, 6.07) is 0. The SMILES string of the molecule is CC1CCC(CNS(=O)(=O)CCC2CCNCC2)C1. The van der Waals surface area contributed by atoms with Gasteiger partial charge in [-0.15, -0.1) is 0 Å². The highest BCUT2D eigenvalue weighted by molar-refractivity contribution is 7.89. The van der Waals surface area contributed by atoms with Crippen LogP contribution in [0.3, 0.4) is 0 Å². The van der Waals surface area contributed by atoms with Crippen LogP contribution in [0.15, 0.2) is 0 Å². The molecule has 1 saturated heterocycles. The summed E-state index contributed by atoms with van der Waals surface area (Å²) < 4.78 is 26.8. The molecular weight excluding hydrogens is 260 g/mol. The summed E-state index contributed by atoms with van der Waals surface area (Å²) in [5, 5.41) is 3.31. The fraction of sp³-hybridized carbons (Fsp3) is 1.00. The maximum atomic E-state index is 12.0. The summed E-state index contributed by atoms with van der Waals surface area (Å²) >= 11 is 0. The normalized spacial score (nSPS) is 29.7. The zero-order valence-electron chi connectivity index (χ0n) is 12.0. The number of piperidine rings is 1. The lowest BCUT2D eigenvalue weighted by atomic mass is 9.96. The average molecular weight is 288 g/mol. The molecule has 2 fully saturated rings. The molecule has 2 unspecified atom stereocenters. The lowest BCUT2D eigenvalue weighted by Gasteiger charge is -2.22. The quantitative estimate of drug-likeness (QED) is 0.782. The first-order valence-corrected chi connectivity index (χ1v) is 9.38. The van der Waals surface area contributed by atoms with E-state index in [1.54, 1.807) is 0 Å². The van der Waals surface area contributed by atoms with E-state index in [0.29, 0.717) is 24.1 Å². The minimum absolute atomic E-state index is 0.305. The molecule has 1 saturated carbocycles. The monoisotopic (exact) mass is 288 g/mol. The van der Waals surface area contributed by atoms with E-state index in [0.717, 1.165) is 38.3 Å². The second kappa shape index (κ2) is 7.04. The van der Waals surface area contributed by atoms with Crippen LogP contribution in [-0.4, -0.2) is 33.8 Å². The van der Waals surface area contributed by atoms with Crippen molar-refractivity contribution in [3.05, 3.63) is 0 Å². The Morgan fingerprint density at radius 1 is 1.11 bits per heavy atom. The zero-order chi connectivity index (χ0) is 13.7. The van der Waals surface area contributed by atoms with Crippen molar-refractivity contribution in [3.63, 3.8) is 0 Å². The van der Waals surface area contributed by atoms with Crippen LogP contribution in [0.2, 0.25) is 0 Å². The van der Waals surface area contributed by atoms with E-state index in [4.69, 9.17) is 0 Å². The Hall–Kier alpha value is -0.130. The molecule has 0 aromatic carbocycles. The van der Waals surface area contributed by atoms with Gasteiger partial charge in [0.05, 0.1) is 5.75 Å². The van der Waals surface area contributed by atoms with Gasteiger partial charge in [-0.3, -0.25) is 0 Å². The molecule has 2 aliphatic rings. The highest BCUT2D eigenvalue weighted by Gasteiger charge is 2.23. The number of hydrogen-bond acceptors (Lipinski definition) is 3. The molecule has 0 aromatic rings. The minimum atomic E-state index is -3.06. The summed E-state index contributed by atoms with van der Waals surface area (Å²) in [6.07, 6.45) is 6.67. The van der Waals surface area contributed by atoms with E-state index >= 15 is 0 Å². The summed E-state index contributed by atoms with van der Waals surface area (Å²) in [7, 11) is -3.06. The van der Waals surface area contributed by atoms with Crippen LogP contribution >= 0.6 is 0 Å². The highest BCUT2D eigenvalue weighted by Crippen LogP contribution is 2.29. The standard InChI is InChI=1S/C14H28N2O2S/c1-12-2-3-14(10-12)11-16-19(17,18)9-6-13-4-7-15-8-5-13/h12-16H,2-11H2,1H3. The molecule has 2 atom stereocenters.